The number of ether oxygens (including phenoxy) is 2. The van der Waals surface area contributed by atoms with Gasteiger partial charge in [-0.1, -0.05) is 54.2 Å². The number of methoxy groups -OCH3 is 1. The van der Waals surface area contributed by atoms with E-state index in [1.807, 2.05) is 54.1 Å². The van der Waals surface area contributed by atoms with E-state index in [0.29, 0.717) is 16.7 Å². The maximum atomic E-state index is 12.3. The molecular weight excluding hydrogens is 508 g/mol. The number of carbonyl (C=O) groups is 1. The van der Waals surface area contributed by atoms with Crippen molar-refractivity contribution in [3.8, 4) is 22.9 Å². The summed E-state index contributed by atoms with van der Waals surface area (Å²) in [6.07, 6.45) is 1.52. The summed E-state index contributed by atoms with van der Waals surface area (Å²) in [4.78, 5) is 22.6. The first-order valence-corrected chi connectivity index (χ1v) is 12.4. The van der Waals surface area contributed by atoms with Crippen LogP contribution >= 0.6 is 11.8 Å². The summed E-state index contributed by atoms with van der Waals surface area (Å²) in [6.45, 7) is 0.209. The van der Waals surface area contributed by atoms with Gasteiger partial charge in [-0.05, 0) is 23.8 Å². The fourth-order valence-electron chi connectivity index (χ4n) is 3.41. The van der Waals surface area contributed by atoms with E-state index in [9.17, 15) is 14.9 Å². The Bertz CT molecular complexity index is 1440. The van der Waals surface area contributed by atoms with Gasteiger partial charge in [0.1, 0.15) is 18.1 Å². The van der Waals surface area contributed by atoms with E-state index in [0.717, 1.165) is 22.5 Å². The molecular formula is C26H24N6O5S. The molecule has 0 aliphatic heterocycles. The molecule has 1 aromatic heterocycles. The average Bonchev–Trinajstić information content (AvgIpc) is 3.31. The van der Waals surface area contributed by atoms with Crippen LogP contribution in [0.1, 0.15) is 11.1 Å². The number of hydrazone groups is 1. The molecule has 4 aromatic rings. The Morgan fingerprint density at radius 3 is 2.61 bits per heavy atom. The number of hydrogen-bond donors (Lipinski definition) is 1. The lowest BCUT2D eigenvalue weighted by Gasteiger charge is -2.11. The first-order valence-electron chi connectivity index (χ1n) is 11.4. The number of nitro groups is 1. The van der Waals surface area contributed by atoms with Gasteiger partial charge in [0.05, 0.1) is 24.0 Å². The Balaban J connectivity index is 1.28. The molecule has 0 radical (unpaired) electrons. The summed E-state index contributed by atoms with van der Waals surface area (Å²) in [7, 11) is 3.40. The Morgan fingerprint density at radius 1 is 1.13 bits per heavy atom. The smallest absolute Gasteiger partial charge is 0.269 e. The lowest BCUT2D eigenvalue weighted by atomic mass is 10.1. The number of hydrogen-bond acceptors (Lipinski definition) is 9. The number of nitrogens with zero attached hydrogens (tertiary/aromatic N) is 5. The Kier molecular flexibility index (Phi) is 8.67. The molecule has 1 heterocycles. The molecule has 0 atom stereocenters. The van der Waals surface area contributed by atoms with Gasteiger partial charge in [-0.25, -0.2) is 5.43 Å². The minimum absolute atomic E-state index is 0.00454. The van der Waals surface area contributed by atoms with Crippen molar-refractivity contribution in [1.82, 2.24) is 20.2 Å². The van der Waals surface area contributed by atoms with Crippen molar-refractivity contribution in [3.63, 3.8) is 0 Å². The fraction of sp³-hybridized carbons (Fsp3) is 0.154. The topological polar surface area (TPSA) is 134 Å². The van der Waals surface area contributed by atoms with Crippen LogP contribution in [0.15, 0.2) is 83.1 Å². The van der Waals surface area contributed by atoms with Gasteiger partial charge < -0.3 is 14.0 Å². The van der Waals surface area contributed by atoms with Crippen LogP contribution in [0.3, 0.4) is 0 Å². The molecule has 3 aromatic carbocycles. The number of carbonyl (C=O) groups excluding carboxylic acids is 1. The summed E-state index contributed by atoms with van der Waals surface area (Å²) in [5.74, 6) is 1.65. The van der Waals surface area contributed by atoms with Crippen LogP contribution in [-0.4, -0.2) is 44.7 Å². The highest BCUT2D eigenvalue weighted by Gasteiger charge is 2.13. The number of rotatable bonds is 11. The zero-order valence-electron chi connectivity index (χ0n) is 20.6. The Labute approximate surface area is 222 Å². The van der Waals surface area contributed by atoms with Gasteiger partial charge in [0.15, 0.2) is 11.0 Å². The van der Waals surface area contributed by atoms with Gasteiger partial charge >= 0.3 is 0 Å². The number of benzene rings is 3. The SMILES string of the molecule is COc1cc(/C=N/NC(=O)CSc2nnc(-c3ccccc3)n2C)ccc1COc1ccc([N+](=O)[O-])cc1. The normalized spacial score (nSPS) is 10.9. The number of amides is 1. The minimum Gasteiger partial charge on any atom is -0.496 e. The average molecular weight is 533 g/mol. The van der Waals surface area contributed by atoms with E-state index >= 15 is 0 Å². The highest BCUT2D eigenvalue weighted by Crippen LogP contribution is 2.24. The molecule has 1 N–H and O–H groups in total. The Morgan fingerprint density at radius 2 is 1.89 bits per heavy atom. The maximum absolute atomic E-state index is 12.3. The standard InChI is InChI=1S/C26H24N6O5S/c1-31-25(19-6-4-3-5-7-19)29-30-26(31)38-17-24(33)28-27-15-18-8-9-20(23(14-18)36-2)16-37-22-12-10-21(11-13-22)32(34)35/h3-15H,16-17H2,1-2H3,(H,28,33)/b27-15+. The largest absolute Gasteiger partial charge is 0.496 e. The molecule has 0 saturated heterocycles. The van der Waals surface area contributed by atoms with Crippen LogP contribution in [0.25, 0.3) is 11.4 Å². The van der Waals surface area contributed by atoms with E-state index in [4.69, 9.17) is 9.47 Å². The molecule has 0 aliphatic rings. The van der Waals surface area contributed by atoms with Crippen molar-refractivity contribution in [3.05, 3.63) is 94.0 Å². The first kappa shape index (κ1) is 26.4. The summed E-state index contributed by atoms with van der Waals surface area (Å²) in [6, 6.07) is 20.9. The van der Waals surface area contributed by atoms with E-state index in [1.54, 1.807) is 25.3 Å². The van der Waals surface area contributed by atoms with Crippen molar-refractivity contribution in [2.45, 2.75) is 11.8 Å². The van der Waals surface area contributed by atoms with Crippen LogP contribution in [0, 0.1) is 10.1 Å². The first-order chi connectivity index (χ1) is 18.4. The van der Waals surface area contributed by atoms with Crippen LogP contribution in [-0.2, 0) is 18.4 Å². The second-order valence-corrected chi connectivity index (χ2v) is 8.87. The van der Waals surface area contributed by atoms with Crippen molar-refractivity contribution in [1.29, 1.82) is 0 Å². The van der Waals surface area contributed by atoms with Crippen molar-refractivity contribution in [2.75, 3.05) is 12.9 Å². The molecule has 1 amide bonds. The van der Waals surface area contributed by atoms with E-state index < -0.39 is 4.92 Å². The molecule has 0 saturated carbocycles. The second kappa shape index (κ2) is 12.5. The Hall–Kier alpha value is -4.71. The monoisotopic (exact) mass is 532 g/mol. The molecule has 12 heteroatoms. The van der Waals surface area contributed by atoms with Crippen LogP contribution < -0.4 is 14.9 Å². The molecule has 11 nitrogen and oxygen atoms in total. The summed E-state index contributed by atoms with van der Waals surface area (Å²) in [5, 5.41) is 23.8. The van der Waals surface area contributed by atoms with Gasteiger partial charge in [-0.15, -0.1) is 10.2 Å². The number of non-ortho nitro benzene ring substituents is 1. The third kappa shape index (κ3) is 6.73. The zero-order valence-corrected chi connectivity index (χ0v) is 21.4. The third-order valence-electron chi connectivity index (χ3n) is 5.36. The minimum atomic E-state index is -0.464. The molecule has 4 rings (SSSR count). The van der Waals surface area contributed by atoms with E-state index in [1.165, 1.54) is 30.1 Å². The van der Waals surface area contributed by atoms with Crippen LogP contribution in [0.4, 0.5) is 5.69 Å². The van der Waals surface area contributed by atoms with E-state index in [-0.39, 0.29) is 24.0 Å². The highest BCUT2D eigenvalue weighted by atomic mass is 32.2. The predicted octanol–water partition coefficient (Wildman–Crippen LogP) is 4.22. The number of nitro benzene ring substituents is 1. The maximum Gasteiger partial charge on any atom is 0.269 e. The summed E-state index contributed by atoms with van der Waals surface area (Å²) in [5.41, 5.74) is 4.95. The van der Waals surface area contributed by atoms with E-state index in [2.05, 4.69) is 20.7 Å². The molecule has 194 valence electrons. The van der Waals surface area contributed by atoms with Crippen molar-refractivity contribution < 1.29 is 19.2 Å². The van der Waals surface area contributed by atoms with Crippen LogP contribution in [0.2, 0.25) is 0 Å². The highest BCUT2D eigenvalue weighted by molar-refractivity contribution is 7.99. The van der Waals surface area contributed by atoms with Gasteiger partial charge in [-0.3, -0.25) is 14.9 Å². The second-order valence-electron chi connectivity index (χ2n) is 7.92. The lowest BCUT2D eigenvalue weighted by Crippen LogP contribution is -2.19. The molecule has 0 unspecified atom stereocenters. The molecule has 38 heavy (non-hydrogen) atoms. The molecule has 0 spiro atoms. The lowest BCUT2D eigenvalue weighted by molar-refractivity contribution is -0.384. The summed E-state index contributed by atoms with van der Waals surface area (Å²) < 4.78 is 13.0. The van der Waals surface area contributed by atoms with Gasteiger partial charge in [0.2, 0.25) is 0 Å². The van der Waals surface area contributed by atoms with Crippen LogP contribution in [0.5, 0.6) is 11.5 Å². The third-order valence-corrected chi connectivity index (χ3v) is 6.38. The van der Waals surface area contributed by atoms with Gasteiger partial charge in [0, 0.05) is 30.3 Å². The van der Waals surface area contributed by atoms with Gasteiger partial charge in [-0.2, -0.15) is 5.10 Å². The quantitative estimate of drug-likeness (QED) is 0.131. The van der Waals surface area contributed by atoms with Crippen molar-refractivity contribution >= 4 is 29.6 Å². The zero-order chi connectivity index (χ0) is 26.9. The fourth-order valence-corrected chi connectivity index (χ4v) is 4.11. The van der Waals surface area contributed by atoms with Crippen molar-refractivity contribution in [2.24, 2.45) is 12.1 Å². The predicted molar refractivity (Wildman–Crippen MR) is 143 cm³/mol. The molecule has 0 aliphatic carbocycles. The molecule has 0 fully saturated rings. The number of nitrogens with one attached hydrogen (secondary N) is 1. The number of thioether (sulfide) groups is 1. The summed E-state index contributed by atoms with van der Waals surface area (Å²) >= 11 is 1.27. The van der Waals surface area contributed by atoms with Gasteiger partial charge in [0.25, 0.3) is 11.6 Å². The number of aromatic nitrogens is 3. The molecule has 0 bridgehead atoms.